The normalized spacial score (nSPS) is 15.3. The van der Waals surface area contributed by atoms with Crippen LogP contribution in [0.2, 0.25) is 0 Å². The highest BCUT2D eigenvalue weighted by Gasteiger charge is 2.36. The van der Waals surface area contributed by atoms with Crippen LogP contribution in [0.25, 0.3) is 11.0 Å². The molecule has 0 saturated carbocycles. The Morgan fingerprint density at radius 1 is 1.00 bits per heavy atom. The molecule has 2 heterocycles. The lowest BCUT2D eigenvalue weighted by molar-refractivity contribution is -0.120. The minimum atomic E-state index is -0.123. The summed E-state index contributed by atoms with van der Waals surface area (Å²) < 4.78 is 7.78. The van der Waals surface area contributed by atoms with Crippen molar-refractivity contribution >= 4 is 34.2 Å². The molecule has 1 saturated heterocycles. The van der Waals surface area contributed by atoms with E-state index < -0.39 is 0 Å². The number of hydrogen-bond donors (Lipinski definition) is 0. The van der Waals surface area contributed by atoms with E-state index >= 15 is 0 Å². The first-order valence-electron chi connectivity index (χ1n) is 13.7. The second-order valence-corrected chi connectivity index (χ2v) is 10.1. The lowest BCUT2D eigenvalue weighted by atomic mass is 10.0. The van der Waals surface area contributed by atoms with E-state index in [1.54, 1.807) is 4.90 Å². The number of nitrogens with zero attached hydrogens (tertiary/aromatic N) is 4. The van der Waals surface area contributed by atoms with Crippen LogP contribution in [0.5, 0.6) is 0 Å². The Hall–Kier alpha value is -3.97. The quantitative estimate of drug-likeness (QED) is 0.261. The number of hydrogen-bond acceptors (Lipinski definition) is 4. The van der Waals surface area contributed by atoms with Gasteiger partial charge < -0.3 is 14.2 Å². The van der Waals surface area contributed by atoms with E-state index in [2.05, 4.69) is 13.0 Å². The molecule has 1 aromatic heterocycles. The van der Waals surface area contributed by atoms with Crippen LogP contribution in [0, 0.1) is 13.8 Å². The average Bonchev–Trinajstić information content (AvgIpc) is 3.50. The van der Waals surface area contributed by atoms with Gasteiger partial charge in [0.2, 0.25) is 11.8 Å². The lowest BCUT2D eigenvalue weighted by Crippen LogP contribution is -2.37. The Labute approximate surface area is 230 Å². The van der Waals surface area contributed by atoms with Crippen LogP contribution < -0.4 is 9.80 Å². The first-order chi connectivity index (χ1) is 18.9. The molecule has 202 valence electrons. The summed E-state index contributed by atoms with van der Waals surface area (Å²) in [5, 5.41) is 0. The summed E-state index contributed by atoms with van der Waals surface area (Å²) in [6.45, 7) is 9.40. The van der Waals surface area contributed by atoms with Crippen LogP contribution in [-0.4, -0.2) is 41.2 Å². The standard InChI is InChI=1S/C32H36N4O3/c1-5-24-14-11-13-23(4)31(24)36(21-39-6-2)30(38)20-35-28-17-10-8-15-26(28)33-32(35)25-18-29(37)34(19-25)27-16-9-7-12-22(27)3/h7-17,25H,5-6,18-21H2,1-4H3. The number of para-hydroxylation sites is 4. The molecule has 4 aromatic rings. The van der Waals surface area contributed by atoms with Gasteiger partial charge in [-0.15, -0.1) is 0 Å². The van der Waals surface area contributed by atoms with Crippen LogP contribution >= 0.6 is 0 Å². The van der Waals surface area contributed by atoms with Gasteiger partial charge in [-0.25, -0.2) is 4.98 Å². The van der Waals surface area contributed by atoms with E-state index in [0.29, 0.717) is 19.6 Å². The molecule has 0 aliphatic carbocycles. The van der Waals surface area contributed by atoms with E-state index in [1.807, 2.05) is 90.9 Å². The van der Waals surface area contributed by atoms with Gasteiger partial charge in [0.25, 0.3) is 0 Å². The fraction of sp³-hybridized carbons (Fsp3) is 0.344. The van der Waals surface area contributed by atoms with Crippen molar-refractivity contribution in [3.8, 4) is 0 Å². The van der Waals surface area contributed by atoms with Crippen LogP contribution in [0.4, 0.5) is 11.4 Å². The molecular weight excluding hydrogens is 488 g/mol. The van der Waals surface area contributed by atoms with Crippen molar-refractivity contribution in [3.63, 3.8) is 0 Å². The highest BCUT2D eigenvalue weighted by molar-refractivity contribution is 5.98. The molecule has 1 fully saturated rings. The fourth-order valence-electron chi connectivity index (χ4n) is 5.61. The minimum Gasteiger partial charge on any atom is -0.361 e. The monoisotopic (exact) mass is 524 g/mol. The molecule has 7 heteroatoms. The van der Waals surface area contributed by atoms with E-state index in [-0.39, 0.29) is 31.0 Å². The van der Waals surface area contributed by atoms with Crippen LogP contribution in [-0.2, 0) is 27.3 Å². The van der Waals surface area contributed by atoms with Gasteiger partial charge in [0.05, 0.1) is 16.7 Å². The number of carbonyl (C=O) groups is 2. The third kappa shape index (κ3) is 5.19. The molecular formula is C32H36N4O3. The highest BCUT2D eigenvalue weighted by Crippen LogP contribution is 2.35. The summed E-state index contributed by atoms with van der Waals surface area (Å²) in [6.07, 6.45) is 1.16. The molecule has 1 aliphatic rings. The molecule has 0 N–H and O–H groups in total. The van der Waals surface area contributed by atoms with Crippen molar-refractivity contribution < 1.29 is 14.3 Å². The molecule has 3 aromatic carbocycles. The zero-order valence-corrected chi connectivity index (χ0v) is 23.2. The van der Waals surface area contributed by atoms with Crippen LogP contribution in [0.1, 0.15) is 48.7 Å². The largest absolute Gasteiger partial charge is 0.361 e. The Balaban J connectivity index is 1.52. The molecule has 2 amide bonds. The first kappa shape index (κ1) is 26.6. The number of benzene rings is 3. The third-order valence-corrected chi connectivity index (χ3v) is 7.57. The molecule has 5 rings (SSSR count). The predicted octanol–water partition coefficient (Wildman–Crippen LogP) is 5.76. The van der Waals surface area contributed by atoms with Crippen molar-refractivity contribution in [1.29, 1.82) is 0 Å². The summed E-state index contributed by atoms with van der Waals surface area (Å²) in [7, 11) is 0. The van der Waals surface area contributed by atoms with Crippen LogP contribution in [0.3, 0.4) is 0 Å². The third-order valence-electron chi connectivity index (χ3n) is 7.57. The maximum Gasteiger partial charge on any atom is 0.248 e. The predicted molar refractivity (Wildman–Crippen MR) is 155 cm³/mol. The summed E-state index contributed by atoms with van der Waals surface area (Å²) in [5.74, 6) is 0.648. The lowest BCUT2D eigenvalue weighted by Gasteiger charge is -2.27. The van der Waals surface area contributed by atoms with E-state index in [4.69, 9.17) is 9.72 Å². The van der Waals surface area contributed by atoms with Gasteiger partial charge in [0.15, 0.2) is 0 Å². The van der Waals surface area contributed by atoms with Crippen molar-refractivity contribution in [1.82, 2.24) is 9.55 Å². The Morgan fingerprint density at radius 2 is 1.74 bits per heavy atom. The Morgan fingerprint density at radius 3 is 2.51 bits per heavy atom. The molecule has 1 atom stereocenters. The van der Waals surface area contributed by atoms with E-state index in [9.17, 15) is 9.59 Å². The summed E-state index contributed by atoms with van der Waals surface area (Å²) in [6, 6.07) is 21.9. The fourth-order valence-corrected chi connectivity index (χ4v) is 5.61. The summed E-state index contributed by atoms with van der Waals surface area (Å²) in [4.78, 5) is 35.8. The van der Waals surface area contributed by atoms with Gasteiger partial charge in [-0.1, -0.05) is 55.5 Å². The average molecular weight is 525 g/mol. The maximum absolute atomic E-state index is 14.1. The number of aromatic nitrogens is 2. The molecule has 0 radical (unpaired) electrons. The summed E-state index contributed by atoms with van der Waals surface area (Å²) in [5.41, 5.74) is 6.75. The van der Waals surface area contributed by atoms with Crippen molar-refractivity contribution in [2.24, 2.45) is 0 Å². The number of imidazole rings is 1. The number of carbonyl (C=O) groups excluding carboxylic acids is 2. The number of aryl methyl sites for hydroxylation is 3. The number of anilines is 2. The highest BCUT2D eigenvalue weighted by atomic mass is 16.5. The van der Waals surface area contributed by atoms with Gasteiger partial charge in [0, 0.05) is 31.2 Å². The molecule has 1 unspecified atom stereocenters. The Bertz CT molecular complexity index is 1510. The molecule has 0 bridgehead atoms. The van der Waals surface area contributed by atoms with Gasteiger partial charge in [-0.3, -0.25) is 14.5 Å². The molecule has 7 nitrogen and oxygen atoms in total. The second kappa shape index (κ2) is 11.4. The van der Waals surface area contributed by atoms with Gasteiger partial charge in [0.1, 0.15) is 19.1 Å². The zero-order valence-electron chi connectivity index (χ0n) is 23.2. The molecule has 0 spiro atoms. The van der Waals surface area contributed by atoms with E-state index in [1.165, 1.54) is 0 Å². The smallest absolute Gasteiger partial charge is 0.248 e. The SMILES string of the molecule is CCOCN(C(=O)Cn1c(C2CC(=O)N(c3ccccc3C)C2)nc2ccccc21)c1c(C)cccc1CC. The number of rotatable bonds is 9. The number of amides is 2. The minimum absolute atomic E-state index is 0.0723. The van der Waals surface area contributed by atoms with Gasteiger partial charge in [-0.05, 0) is 62.1 Å². The number of ether oxygens (including phenoxy) is 1. The summed E-state index contributed by atoms with van der Waals surface area (Å²) >= 11 is 0. The second-order valence-electron chi connectivity index (χ2n) is 10.1. The van der Waals surface area contributed by atoms with E-state index in [0.717, 1.165) is 51.3 Å². The maximum atomic E-state index is 14.1. The molecule has 39 heavy (non-hydrogen) atoms. The van der Waals surface area contributed by atoms with Gasteiger partial charge >= 0.3 is 0 Å². The Kier molecular flexibility index (Phi) is 7.79. The van der Waals surface area contributed by atoms with Gasteiger partial charge in [-0.2, -0.15) is 0 Å². The van der Waals surface area contributed by atoms with Crippen molar-refractivity contribution in [2.45, 2.75) is 53.0 Å². The topological polar surface area (TPSA) is 67.7 Å². The van der Waals surface area contributed by atoms with Crippen LogP contribution in [0.15, 0.2) is 66.7 Å². The van der Waals surface area contributed by atoms with Crippen molar-refractivity contribution in [3.05, 3.63) is 89.2 Å². The van der Waals surface area contributed by atoms with Crippen molar-refractivity contribution in [2.75, 3.05) is 29.7 Å². The number of fused-ring (bicyclic) bond motifs is 1. The first-order valence-corrected chi connectivity index (χ1v) is 13.7. The zero-order chi connectivity index (χ0) is 27.5. The molecule has 1 aliphatic heterocycles.